The molecule has 8 heteroatoms. The summed E-state index contributed by atoms with van der Waals surface area (Å²) in [6.45, 7) is 6.64. The van der Waals surface area contributed by atoms with E-state index in [2.05, 4.69) is 31.1 Å². The Bertz CT molecular complexity index is 1690. The number of fused-ring (bicyclic) bond motifs is 2. The van der Waals surface area contributed by atoms with Crippen LogP contribution in [-0.4, -0.2) is 37.9 Å². The number of carbonyl (C=O) groups excluding carboxylic acids is 2. The molecule has 1 aliphatic heterocycles. The van der Waals surface area contributed by atoms with Gasteiger partial charge in [-0.15, -0.1) is 5.54 Å². The second-order valence-corrected chi connectivity index (χ2v) is 15.5. The number of hydrogen-bond acceptors (Lipinski definition) is 5. The summed E-state index contributed by atoms with van der Waals surface area (Å²) in [6.07, 6.45) is 0.333. The van der Waals surface area contributed by atoms with Gasteiger partial charge in [0.25, 0.3) is 11.8 Å². The first-order chi connectivity index (χ1) is 18.6. The number of carbonyl (C=O) groups is 2. The number of benzene rings is 3. The highest BCUT2D eigenvalue weighted by atomic mass is 35.5. The predicted molar refractivity (Wildman–Crippen MR) is 155 cm³/mol. The van der Waals surface area contributed by atoms with Gasteiger partial charge in [-0.1, -0.05) is 79.6 Å². The Balaban J connectivity index is 1.47. The maximum atomic E-state index is 13.7. The average molecular weight is 556 g/mol. The van der Waals surface area contributed by atoms with Crippen LogP contribution in [0, 0.1) is 11.5 Å². The Kier molecular flexibility index (Phi) is 7.17. The minimum Gasteiger partial charge on any atom is -0.486 e. The Morgan fingerprint density at radius 2 is 1.56 bits per heavy atom. The van der Waals surface area contributed by atoms with E-state index in [1.165, 1.54) is 4.90 Å². The number of halogens is 1. The zero-order valence-corrected chi connectivity index (χ0v) is 23.6. The molecule has 0 fully saturated rings. The lowest BCUT2D eigenvalue weighted by Gasteiger charge is -2.15. The highest BCUT2D eigenvalue weighted by molar-refractivity contribution is 6.83. The SMILES string of the molecule is C[Si](C)(C)C#Cc1cc(Cl)cc2c(=O)c(OCCCN3C(=O)c4ccccc4C3=O)c(-c3ccccc3)oc12. The highest BCUT2D eigenvalue weighted by Crippen LogP contribution is 2.33. The largest absolute Gasteiger partial charge is 0.486 e. The van der Waals surface area contributed by atoms with Gasteiger partial charge in [0.15, 0.2) is 11.3 Å². The molecule has 0 atom stereocenters. The molecule has 1 aromatic heterocycles. The van der Waals surface area contributed by atoms with E-state index in [9.17, 15) is 14.4 Å². The normalized spacial score (nSPS) is 12.9. The van der Waals surface area contributed by atoms with Crippen molar-refractivity contribution in [2.75, 3.05) is 13.2 Å². The molecule has 0 saturated carbocycles. The minimum atomic E-state index is -1.71. The summed E-state index contributed by atoms with van der Waals surface area (Å²) in [4.78, 5) is 40.3. The van der Waals surface area contributed by atoms with E-state index in [0.29, 0.717) is 39.3 Å². The summed E-state index contributed by atoms with van der Waals surface area (Å²) in [5.74, 6) is 2.85. The van der Waals surface area contributed by atoms with Gasteiger partial charge in [-0.2, -0.15) is 0 Å². The molecule has 0 N–H and O–H groups in total. The van der Waals surface area contributed by atoms with Crippen molar-refractivity contribution in [3.8, 4) is 28.5 Å². The number of amides is 2. The number of ether oxygens (including phenoxy) is 1. The summed E-state index contributed by atoms with van der Waals surface area (Å²) >= 11 is 6.37. The molecule has 0 spiro atoms. The lowest BCUT2D eigenvalue weighted by atomic mass is 10.1. The van der Waals surface area contributed by atoms with Crippen molar-refractivity contribution in [3.63, 3.8) is 0 Å². The van der Waals surface area contributed by atoms with Crippen molar-refractivity contribution < 1.29 is 18.7 Å². The lowest BCUT2D eigenvalue weighted by molar-refractivity contribution is 0.0646. The van der Waals surface area contributed by atoms with Crippen LogP contribution in [0.3, 0.4) is 0 Å². The van der Waals surface area contributed by atoms with Crippen LogP contribution in [0.1, 0.15) is 32.7 Å². The van der Waals surface area contributed by atoms with Crippen molar-refractivity contribution >= 4 is 42.5 Å². The van der Waals surface area contributed by atoms with Crippen LogP contribution < -0.4 is 10.2 Å². The summed E-state index contributed by atoms with van der Waals surface area (Å²) in [5.41, 5.74) is 5.31. The van der Waals surface area contributed by atoms with Crippen LogP contribution in [0.25, 0.3) is 22.3 Å². The molecule has 0 bridgehead atoms. The number of hydrogen-bond donors (Lipinski definition) is 0. The fourth-order valence-corrected chi connectivity index (χ4v) is 5.07. The summed E-state index contributed by atoms with van der Waals surface area (Å²) < 4.78 is 12.3. The molecule has 2 amide bonds. The molecular weight excluding hydrogens is 530 g/mol. The van der Waals surface area contributed by atoms with Gasteiger partial charge in [-0.05, 0) is 30.7 Å². The maximum Gasteiger partial charge on any atom is 0.261 e. The average Bonchev–Trinajstić information content (AvgIpc) is 3.16. The number of imide groups is 1. The van der Waals surface area contributed by atoms with E-state index in [4.69, 9.17) is 20.8 Å². The molecule has 3 aromatic carbocycles. The Hall–Kier alpha value is -4.12. The molecular formula is C31H26ClNO5Si. The van der Waals surface area contributed by atoms with E-state index in [1.54, 1.807) is 36.4 Å². The molecule has 5 rings (SSSR count). The molecule has 0 radical (unpaired) electrons. The zero-order valence-electron chi connectivity index (χ0n) is 21.8. The van der Waals surface area contributed by atoms with Crippen molar-refractivity contribution in [1.82, 2.24) is 4.90 Å². The lowest BCUT2D eigenvalue weighted by Crippen LogP contribution is -2.31. The van der Waals surface area contributed by atoms with Crippen LogP contribution >= 0.6 is 11.6 Å². The fourth-order valence-electron chi connectivity index (χ4n) is 4.34. The van der Waals surface area contributed by atoms with E-state index in [0.717, 1.165) is 0 Å². The van der Waals surface area contributed by atoms with Crippen molar-refractivity contribution in [1.29, 1.82) is 0 Å². The summed E-state index contributed by atoms with van der Waals surface area (Å²) in [7, 11) is -1.71. The third-order valence-electron chi connectivity index (χ3n) is 6.17. The van der Waals surface area contributed by atoms with Crippen molar-refractivity contribution in [2.24, 2.45) is 0 Å². The molecule has 0 saturated heterocycles. The topological polar surface area (TPSA) is 76.8 Å². The predicted octanol–water partition coefficient (Wildman–Crippen LogP) is 6.41. The molecule has 0 aliphatic carbocycles. The van der Waals surface area contributed by atoms with Gasteiger partial charge in [0.1, 0.15) is 8.07 Å². The van der Waals surface area contributed by atoms with E-state index in [1.807, 2.05) is 30.3 Å². The van der Waals surface area contributed by atoms with Crippen LogP contribution in [0.15, 0.2) is 75.9 Å². The van der Waals surface area contributed by atoms with Gasteiger partial charge < -0.3 is 9.15 Å². The monoisotopic (exact) mass is 555 g/mol. The van der Waals surface area contributed by atoms with Gasteiger partial charge in [-0.25, -0.2) is 0 Å². The van der Waals surface area contributed by atoms with Crippen LogP contribution in [0.5, 0.6) is 5.75 Å². The Labute approximate surface area is 232 Å². The molecule has 2 heterocycles. The molecule has 1 aliphatic rings. The second kappa shape index (κ2) is 10.6. The summed E-state index contributed by atoms with van der Waals surface area (Å²) in [5, 5.41) is 0.649. The van der Waals surface area contributed by atoms with Crippen molar-refractivity contribution in [2.45, 2.75) is 26.1 Å². The Morgan fingerprint density at radius 1 is 0.923 bits per heavy atom. The van der Waals surface area contributed by atoms with Gasteiger partial charge >= 0.3 is 0 Å². The molecule has 6 nitrogen and oxygen atoms in total. The quantitative estimate of drug-likeness (QED) is 0.119. The summed E-state index contributed by atoms with van der Waals surface area (Å²) in [6, 6.07) is 19.2. The molecule has 196 valence electrons. The van der Waals surface area contributed by atoms with Crippen molar-refractivity contribution in [3.05, 3.63) is 98.7 Å². The molecule has 4 aromatic rings. The molecule has 39 heavy (non-hydrogen) atoms. The first-order valence-corrected chi connectivity index (χ1v) is 16.5. The van der Waals surface area contributed by atoms with Gasteiger partial charge in [0.2, 0.25) is 11.2 Å². The van der Waals surface area contributed by atoms with Crippen LogP contribution in [0.4, 0.5) is 0 Å². The van der Waals surface area contributed by atoms with E-state index < -0.39 is 8.07 Å². The fraction of sp³-hybridized carbons (Fsp3) is 0.194. The van der Waals surface area contributed by atoms with Gasteiger partial charge in [-0.3, -0.25) is 19.3 Å². The smallest absolute Gasteiger partial charge is 0.261 e. The first kappa shape index (κ1) is 26.5. The third kappa shape index (κ3) is 5.40. The zero-order chi connectivity index (χ0) is 27.7. The van der Waals surface area contributed by atoms with Gasteiger partial charge in [0, 0.05) is 17.1 Å². The minimum absolute atomic E-state index is 0.0439. The van der Waals surface area contributed by atoms with Gasteiger partial charge in [0.05, 0.1) is 28.7 Å². The van der Waals surface area contributed by atoms with Crippen LogP contribution in [0.2, 0.25) is 24.7 Å². The Morgan fingerprint density at radius 3 is 2.21 bits per heavy atom. The standard InChI is InChI=1S/C31H26ClNO5Si/c1-39(2,3)17-14-21-18-22(32)19-25-26(34)29(28(38-27(21)25)20-10-5-4-6-11-20)37-16-9-15-33-30(35)23-12-7-8-13-24(23)31(33)36/h4-8,10-13,18-19H,9,15-16H2,1-3H3. The maximum absolute atomic E-state index is 13.7. The first-order valence-electron chi connectivity index (χ1n) is 12.6. The van der Waals surface area contributed by atoms with E-state index >= 15 is 0 Å². The number of rotatable bonds is 6. The second-order valence-electron chi connectivity index (χ2n) is 10.3. The van der Waals surface area contributed by atoms with Crippen LogP contribution in [-0.2, 0) is 0 Å². The number of nitrogens with zero attached hydrogens (tertiary/aromatic N) is 1. The third-order valence-corrected chi connectivity index (χ3v) is 7.27. The van der Waals surface area contributed by atoms with E-state index in [-0.39, 0.29) is 47.3 Å². The highest BCUT2D eigenvalue weighted by Gasteiger charge is 2.34. The molecule has 0 unspecified atom stereocenters.